The normalized spacial score (nSPS) is 16.7. The van der Waals surface area contributed by atoms with Crippen molar-refractivity contribution in [2.75, 3.05) is 19.6 Å². The average Bonchev–Trinajstić information content (AvgIpc) is 2.73. The second-order valence-electron chi connectivity index (χ2n) is 7.92. The third kappa shape index (κ3) is 5.09. The topological polar surface area (TPSA) is 61.3 Å². The highest BCUT2D eigenvalue weighted by atomic mass is 19.1. The lowest BCUT2D eigenvalue weighted by Gasteiger charge is -2.24. The summed E-state index contributed by atoms with van der Waals surface area (Å²) in [6.07, 6.45) is 5.17. The molecule has 0 atom stereocenters. The first-order chi connectivity index (χ1) is 14.6. The van der Waals surface area contributed by atoms with Crippen LogP contribution in [0, 0.1) is 17.6 Å². The van der Waals surface area contributed by atoms with Gasteiger partial charge in [-0.15, -0.1) is 0 Å². The zero-order chi connectivity index (χ0) is 20.9. The van der Waals surface area contributed by atoms with E-state index >= 15 is 0 Å². The molecule has 0 spiro atoms. The fourth-order valence-electron chi connectivity index (χ4n) is 4.02. The molecular weight excluding hydrogens is 384 g/mol. The third-order valence-corrected chi connectivity index (χ3v) is 5.62. The molecule has 1 saturated heterocycles. The maximum absolute atomic E-state index is 13.4. The second-order valence-corrected chi connectivity index (χ2v) is 7.92. The van der Waals surface area contributed by atoms with Gasteiger partial charge in [0.2, 0.25) is 0 Å². The zero-order valence-corrected chi connectivity index (χ0v) is 17.0. The number of piperidine rings is 1. The molecule has 0 radical (unpaired) electrons. The molecule has 5 nitrogen and oxygen atoms in total. The van der Waals surface area contributed by atoms with Crippen molar-refractivity contribution >= 4 is 17.2 Å². The number of aromatic nitrogens is 1. The van der Waals surface area contributed by atoms with Crippen LogP contribution in [0.3, 0.4) is 0 Å². The number of benzene rings is 1. The van der Waals surface area contributed by atoms with E-state index < -0.39 is 11.6 Å². The Kier molecular flexibility index (Phi) is 6.50. The van der Waals surface area contributed by atoms with Crippen LogP contribution in [-0.4, -0.2) is 30.5 Å². The summed E-state index contributed by atoms with van der Waals surface area (Å²) in [7, 11) is 0. The Morgan fingerprint density at radius 2 is 1.87 bits per heavy atom. The minimum absolute atomic E-state index is 0.479. The van der Waals surface area contributed by atoms with Crippen LogP contribution in [-0.2, 0) is 13.0 Å². The minimum atomic E-state index is -0.565. The van der Waals surface area contributed by atoms with Gasteiger partial charge in [0.1, 0.15) is 17.5 Å². The van der Waals surface area contributed by atoms with Crippen molar-refractivity contribution in [2.24, 2.45) is 10.9 Å². The molecule has 0 bridgehead atoms. The quantitative estimate of drug-likeness (QED) is 0.650. The first-order valence-electron chi connectivity index (χ1n) is 10.5. The number of halogens is 2. The molecule has 1 aromatic carbocycles. The maximum atomic E-state index is 13.4. The molecule has 0 unspecified atom stereocenters. The van der Waals surface area contributed by atoms with Crippen molar-refractivity contribution in [2.45, 2.75) is 32.2 Å². The van der Waals surface area contributed by atoms with Crippen LogP contribution in [0.25, 0.3) is 5.70 Å². The van der Waals surface area contributed by atoms with Crippen LogP contribution in [0.15, 0.2) is 42.0 Å². The van der Waals surface area contributed by atoms with Gasteiger partial charge >= 0.3 is 0 Å². The summed E-state index contributed by atoms with van der Waals surface area (Å²) >= 11 is 0. The van der Waals surface area contributed by atoms with E-state index in [1.807, 2.05) is 6.07 Å². The molecule has 1 fully saturated rings. The van der Waals surface area contributed by atoms with E-state index in [4.69, 9.17) is 4.99 Å². The molecule has 30 heavy (non-hydrogen) atoms. The molecule has 158 valence electrons. The van der Waals surface area contributed by atoms with Crippen molar-refractivity contribution in [3.8, 4) is 0 Å². The summed E-state index contributed by atoms with van der Waals surface area (Å²) in [4.78, 5) is 9.30. The molecule has 0 aliphatic carbocycles. The van der Waals surface area contributed by atoms with Gasteiger partial charge in [0.25, 0.3) is 0 Å². The van der Waals surface area contributed by atoms with Gasteiger partial charge in [-0.2, -0.15) is 0 Å². The monoisotopic (exact) mass is 411 g/mol. The van der Waals surface area contributed by atoms with Crippen LogP contribution in [0.1, 0.15) is 36.1 Å². The lowest BCUT2D eigenvalue weighted by atomic mass is 9.98. The van der Waals surface area contributed by atoms with Gasteiger partial charge in [-0.1, -0.05) is 6.58 Å². The standard InChI is InChI=1S/C23H27F2N5/c1-15-20-6-9-28-21(14-27-13-16-4-7-26-8-5-16)23(20)30-22(29-15)3-2-17-10-18(24)12-19(25)11-17/h6,9-12,16,26-27H,1-5,7-8,13-14H2,(H,29,30). The number of hydrogen-bond donors (Lipinski definition) is 3. The first kappa shape index (κ1) is 20.6. The molecule has 2 aromatic rings. The van der Waals surface area contributed by atoms with Crippen LogP contribution in [0.2, 0.25) is 0 Å². The lowest BCUT2D eigenvalue weighted by Crippen LogP contribution is -2.33. The molecule has 2 aliphatic rings. The Balaban J connectivity index is 1.44. The number of aliphatic imine (C=N–C) groups is 1. The van der Waals surface area contributed by atoms with E-state index in [1.54, 1.807) is 6.20 Å². The van der Waals surface area contributed by atoms with Crippen molar-refractivity contribution in [1.29, 1.82) is 0 Å². The zero-order valence-electron chi connectivity index (χ0n) is 17.0. The summed E-state index contributed by atoms with van der Waals surface area (Å²) in [6.45, 7) is 7.89. The first-order valence-corrected chi connectivity index (χ1v) is 10.5. The molecule has 0 saturated carbocycles. The fraction of sp³-hybridized carbons (Fsp3) is 0.391. The van der Waals surface area contributed by atoms with E-state index in [9.17, 15) is 8.78 Å². The van der Waals surface area contributed by atoms with E-state index in [0.29, 0.717) is 30.9 Å². The van der Waals surface area contributed by atoms with Crippen LogP contribution >= 0.6 is 0 Å². The number of aryl methyl sites for hydroxylation is 1. The van der Waals surface area contributed by atoms with Crippen LogP contribution < -0.4 is 16.0 Å². The van der Waals surface area contributed by atoms with E-state index in [1.165, 1.54) is 25.0 Å². The predicted octanol–water partition coefficient (Wildman–Crippen LogP) is 3.69. The highest BCUT2D eigenvalue weighted by Crippen LogP contribution is 2.31. The van der Waals surface area contributed by atoms with Gasteiger partial charge in [0.15, 0.2) is 0 Å². The van der Waals surface area contributed by atoms with Crippen molar-refractivity contribution in [3.05, 3.63) is 65.5 Å². The van der Waals surface area contributed by atoms with Gasteiger partial charge in [0.05, 0.1) is 11.4 Å². The van der Waals surface area contributed by atoms with E-state index in [2.05, 4.69) is 27.5 Å². The lowest BCUT2D eigenvalue weighted by molar-refractivity contribution is 0.356. The van der Waals surface area contributed by atoms with Gasteiger partial charge in [0, 0.05) is 36.5 Å². The summed E-state index contributed by atoms with van der Waals surface area (Å²) in [5.74, 6) is 0.284. The molecule has 1 aromatic heterocycles. The average molecular weight is 412 g/mol. The Morgan fingerprint density at radius 3 is 2.63 bits per heavy atom. The molecule has 3 heterocycles. The van der Waals surface area contributed by atoms with Crippen molar-refractivity contribution in [3.63, 3.8) is 0 Å². The van der Waals surface area contributed by atoms with E-state index in [0.717, 1.165) is 54.2 Å². The van der Waals surface area contributed by atoms with Crippen LogP contribution in [0.5, 0.6) is 0 Å². The fourth-order valence-corrected chi connectivity index (χ4v) is 4.02. The van der Waals surface area contributed by atoms with Gasteiger partial charge in [-0.3, -0.25) is 4.98 Å². The summed E-state index contributed by atoms with van der Waals surface area (Å²) in [5, 5.41) is 10.1. The Morgan fingerprint density at radius 1 is 1.10 bits per heavy atom. The third-order valence-electron chi connectivity index (χ3n) is 5.62. The molecule has 0 amide bonds. The predicted molar refractivity (Wildman–Crippen MR) is 115 cm³/mol. The number of amidine groups is 1. The highest BCUT2D eigenvalue weighted by molar-refractivity contribution is 5.98. The summed E-state index contributed by atoms with van der Waals surface area (Å²) < 4.78 is 26.9. The summed E-state index contributed by atoms with van der Waals surface area (Å²) in [6, 6.07) is 5.50. The van der Waals surface area contributed by atoms with Crippen LogP contribution in [0.4, 0.5) is 14.5 Å². The Labute approximate surface area is 175 Å². The number of pyridine rings is 1. The van der Waals surface area contributed by atoms with Gasteiger partial charge in [-0.25, -0.2) is 13.8 Å². The van der Waals surface area contributed by atoms with Crippen molar-refractivity contribution < 1.29 is 8.78 Å². The molecule has 7 heteroatoms. The van der Waals surface area contributed by atoms with Crippen molar-refractivity contribution in [1.82, 2.24) is 20.9 Å². The smallest absolute Gasteiger partial charge is 0.126 e. The highest BCUT2D eigenvalue weighted by Gasteiger charge is 2.19. The minimum Gasteiger partial charge on any atom is -0.344 e. The SMILES string of the molecule is C=C1NC(CCc2cc(F)cc(F)c2)=Nc2c1ccnc2CNCC1CCNCC1. The molecule has 4 rings (SSSR count). The molecule has 3 N–H and O–H groups in total. The van der Waals surface area contributed by atoms with Gasteiger partial charge < -0.3 is 16.0 Å². The number of fused-ring (bicyclic) bond motifs is 1. The Bertz CT molecular complexity index is 930. The molecular formula is C23H27F2N5. The second kappa shape index (κ2) is 9.45. The molecule has 2 aliphatic heterocycles. The van der Waals surface area contributed by atoms with E-state index in [-0.39, 0.29) is 0 Å². The largest absolute Gasteiger partial charge is 0.344 e. The maximum Gasteiger partial charge on any atom is 0.126 e. The summed E-state index contributed by atoms with van der Waals surface area (Å²) in [5.41, 5.74) is 4.01. The number of nitrogens with one attached hydrogen (secondary N) is 3. The number of hydrogen-bond acceptors (Lipinski definition) is 5. The number of rotatable bonds is 7. The van der Waals surface area contributed by atoms with Gasteiger partial charge in [-0.05, 0) is 68.6 Å². The number of nitrogens with zero attached hydrogens (tertiary/aromatic N) is 2. The Hall–Kier alpha value is -2.64.